The van der Waals surface area contributed by atoms with Gasteiger partial charge in [-0.1, -0.05) is 42.0 Å². The molecule has 3 heteroatoms. The second-order valence-electron chi connectivity index (χ2n) is 4.98. The average molecular weight is 263 g/mol. The van der Waals surface area contributed by atoms with Gasteiger partial charge in [0.25, 0.3) is 0 Å². The highest BCUT2D eigenvalue weighted by molar-refractivity contribution is 5.88. The minimum Gasteiger partial charge on any atom is -0.365 e. The Morgan fingerprint density at radius 1 is 0.900 bits per heavy atom. The molecule has 3 aromatic rings. The number of fused-ring (bicyclic) bond motifs is 1. The lowest BCUT2D eigenvalue weighted by Crippen LogP contribution is -2.04. The highest BCUT2D eigenvalue weighted by atomic mass is 15.0. The fourth-order valence-electron chi connectivity index (χ4n) is 2.22. The first kappa shape index (κ1) is 12.6. The van der Waals surface area contributed by atoms with Gasteiger partial charge in [0.15, 0.2) is 0 Å². The van der Waals surface area contributed by atoms with Crippen molar-refractivity contribution in [1.82, 2.24) is 9.97 Å². The Morgan fingerprint density at radius 2 is 1.65 bits per heavy atom. The van der Waals surface area contributed by atoms with Gasteiger partial charge in [0, 0.05) is 11.9 Å². The number of para-hydroxylation sites is 1. The number of hydrogen-bond acceptors (Lipinski definition) is 3. The Balaban J connectivity index is 1.88. The van der Waals surface area contributed by atoms with Gasteiger partial charge in [0.2, 0.25) is 0 Å². The van der Waals surface area contributed by atoms with Crippen LogP contribution in [0.15, 0.2) is 48.5 Å². The van der Waals surface area contributed by atoms with E-state index in [2.05, 4.69) is 46.5 Å². The van der Waals surface area contributed by atoms with Crippen molar-refractivity contribution in [2.45, 2.75) is 20.4 Å². The van der Waals surface area contributed by atoms with Gasteiger partial charge in [0.05, 0.1) is 5.52 Å². The molecule has 0 saturated heterocycles. The molecule has 1 N–H and O–H groups in total. The lowest BCUT2D eigenvalue weighted by molar-refractivity contribution is 1.05. The van der Waals surface area contributed by atoms with Gasteiger partial charge in [-0.05, 0) is 31.5 Å². The molecule has 0 bridgehead atoms. The Hall–Kier alpha value is -2.42. The number of nitrogens with zero attached hydrogens (tertiary/aromatic N) is 2. The van der Waals surface area contributed by atoms with Crippen molar-refractivity contribution in [3.63, 3.8) is 0 Å². The van der Waals surface area contributed by atoms with Crippen molar-refractivity contribution in [2.75, 3.05) is 5.32 Å². The summed E-state index contributed by atoms with van der Waals surface area (Å²) in [5, 5.41) is 4.47. The Morgan fingerprint density at radius 3 is 2.45 bits per heavy atom. The van der Waals surface area contributed by atoms with Gasteiger partial charge in [-0.25, -0.2) is 9.97 Å². The maximum absolute atomic E-state index is 4.51. The van der Waals surface area contributed by atoms with Crippen LogP contribution in [0.4, 0.5) is 5.82 Å². The lowest BCUT2D eigenvalue weighted by Gasteiger charge is -2.09. The molecule has 3 nitrogen and oxygen atoms in total. The van der Waals surface area contributed by atoms with Crippen molar-refractivity contribution in [2.24, 2.45) is 0 Å². The predicted molar refractivity (Wildman–Crippen MR) is 82.8 cm³/mol. The molecule has 0 amide bonds. The third-order valence-corrected chi connectivity index (χ3v) is 3.30. The minimum atomic E-state index is 0.765. The van der Waals surface area contributed by atoms with E-state index in [0.717, 1.165) is 29.1 Å². The van der Waals surface area contributed by atoms with Gasteiger partial charge < -0.3 is 5.32 Å². The zero-order valence-corrected chi connectivity index (χ0v) is 11.7. The van der Waals surface area contributed by atoms with Crippen LogP contribution in [0.2, 0.25) is 0 Å². The molecule has 1 aromatic heterocycles. The summed E-state index contributed by atoms with van der Waals surface area (Å²) in [6, 6.07) is 16.6. The van der Waals surface area contributed by atoms with E-state index in [1.54, 1.807) is 0 Å². The van der Waals surface area contributed by atoms with Crippen LogP contribution in [0.3, 0.4) is 0 Å². The summed E-state index contributed by atoms with van der Waals surface area (Å²) in [4.78, 5) is 8.96. The second-order valence-corrected chi connectivity index (χ2v) is 4.98. The average Bonchev–Trinajstić information content (AvgIpc) is 2.46. The van der Waals surface area contributed by atoms with E-state index in [1.165, 1.54) is 11.1 Å². The molecule has 0 radical (unpaired) electrons. The molecule has 2 aromatic carbocycles. The summed E-state index contributed by atoms with van der Waals surface area (Å²) in [6.45, 7) is 4.78. The van der Waals surface area contributed by atoms with Crippen molar-refractivity contribution in [1.29, 1.82) is 0 Å². The topological polar surface area (TPSA) is 37.8 Å². The van der Waals surface area contributed by atoms with Gasteiger partial charge in [0.1, 0.15) is 11.6 Å². The van der Waals surface area contributed by atoms with E-state index >= 15 is 0 Å². The third-order valence-electron chi connectivity index (χ3n) is 3.30. The second kappa shape index (κ2) is 5.29. The Kier molecular flexibility index (Phi) is 3.33. The quantitative estimate of drug-likeness (QED) is 0.779. The SMILES string of the molecule is Cc1ccc(CNc2nc(C)nc3ccccc23)cc1. The highest BCUT2D eigenvalue weighted by Gasteiger charge is 2.04. The summed E-state index contributed by atoms with van der Waals surface area (Å²) in [6.07, 6.45) is 0. The molecule has 0 unspecified atom stereocenters. The van der Waals surface area contributed by atoms with Crippen LogP contribution in [0.5, 0.6) is 0 Å². The van der Waals surface area contributed by atoms with Gasteiger partial charge in [-0.2, -0.15) is 0 Å². The zero-order valence-electron chi connectivity index (χ0n) is 11.7. The maximum atomic E-state index is 4.51. The van der Waals surface area contributed by atoms with Crippen LogP contribution in [-0.4, -0.2) is 9.97 Å². The van der Waals surface area contributed by atoms with E-state index < -0.39 is 0 Å². The molecule has 0 saturated carbocycles. The van der Waals surface area contributed by atoms with Crippen molar-refractivity contribution >= 4 is 16.7 Å². The first-order valence-electron chi connectivity index (χ1n) is 6.75. The van der Waals surface area contributed by atoms with Crippen LogP contribution in [0.25, 0.3) is 10.9 Å². The largest absolute Gasteiger partial charge is 0.365 e. The lowest BCUT2D eigenvalue weighted by atomic mass is 10.1. The van der Waals surface area contributed by atoms with Crippen molar-refractivity contribution < 1.29 is 0 Å². The molecule has 0 aliphatic heterocycles. The van der Waals surface area contributed by atoms with E-state index in [4.69, 9.17) is 0 Å². The van der Waals surface area contributed by atoms with E-state index in [0.29, 0.717) is 0 Å². The normalized spacial score (nSPS) is 10.7. The number of anilines is 1. The molecule has 3 rings (SSSR count). The van der Waals surface area contributed by atoms with Gasteiger partial charge in [-0.3, -0.25) is 0 Å². The van der Waals surface area contributed by atoms with Gasteiger partial charge >= 0.3 is 0 Å². The first-order chi connectivity index (χ1) is 9.72. The molecule has 20 heavy (non-hydrogen) atoms. The maximum Gasteiger partial charge on any atom is 0.137 e. The van der Waals surface area contributed by atoms with Crippen molar-refractivity contribution in [3.8, 4) is 0 Å². The molecule has 0 spiro atoms. The van der Waals surface area contributed by atoms with Crippen LogP contribution in [0, 0.1) is 13.8 Å². The third kappa shape index (κ3) is 2.62. The summed E-state index contributed by atoms with van der Waals surface area (Å²) < 4.78 is 0. The molecule has 0 aliphatic rings. The van der Waals surface area contributed by atoms with E-state index in [-0.39, 0.29) is 0 Å². The molecular weight excluding hydrogens is 246 g/mol. The number of aryl methyl sites for hydroxylation is 2. The van der Waals surface area contributed by atoms with Crippen LogP contribution >= 0.6 is 0 Å². The number of rotatable bonds is 3. The molecular formula is C17H17N3. The minimum absolute atomic E-state index is 0.765. The summed E-state index contributed by atoms with van der Waals surface area (Å²) in [7, 11) is 0. The van der Waals surface area contributed by atoms with E-state index in [1.807, 2.05) is 31.2 Å². The number of nitrogens with one attached hydrogen (secondary N) is 1. The monoisotopic (exact) mass is 263 g/mol. The van der Waals surface area contributed by atoms with Gasteiger partial charge in [-0.15, -0.1) is 0 Å². The Labute approximate surface area is 118 Å². The van der Waals surface area contributed by atoms with Crippen LogP contribution < -0.4 is 5.32 Å². The fraction of sp³-hybridized carbons (Fsp3) is 0.176. The molecule has 0 atom stereocenters. The Bertz CT molecular complexity index is 733. The number of aromatic nitrogens is 2. The molecule has 100 valence electrons. The number of hydrogen-bond donors (Lipinski definition) is 1. The van der Waals surface area contributed by atoms with Crippen molar-refractivity contribution in [3.05, 3.63) is 65.5 Å². The standard InChI is InChI=1S/C17H17N3/c1-12-7-9-14(10-8-12)11-18-17-15-5-3-4-6-16(15)19-13(2)20-17/h3-10H,11H2,1-2H3,(H,18,19,20). The number of benzene rings is 2. The summed E-state index contributed by atoms with van der Waals surface area (Å²) in [5.41, 5.74) is 3.50. The first-order valence-corrected chi connectivity index (χ1v) is 6.75. The predicted octanol–water partition coefficient (Wildman–Crippen LogP) is 3.86. The highest BCUT2D eigenvalue weighted by Crippen LogP contribution is 2.20. The molecule has 0 aliphatic carbocycles. The molecule has 1 heterocycles. The van der Waals surface area contributed by atoms with E-state index in [9.17, 15) is 0 Å². The molecule has 0 fully saturated rings. The fourth-order valence-corrected chi connectivity index (χ4v) is 2.22. The smallest absolute Gasteiger partial charge is 0.137 e. The van der Waals surface area contributed by atoms with Crippen LogP contribution in [-0.2, 0) is 6.54 Å². The zero-order chi connectivity index (χ0) is 13.9. The van der Waals surface area contributed by atoms with Crippen LogP contribution in [0.1, 0.15) is 17.0 Å². The summed E-state index contributed by atoms with van der Waals surface area (Å²) in [5.74, 6) is 1.68. The summed E-state index contributed by atoms with van der Waals surface area (Å²) >= 11 is 0.